The van der Waals surface area contributed by atoms with Crippen LogP contribution in [0.3, 0.4) is 0 Å². The summed E-state index contributed by atoms with van der Waals surface area (Å²) in [5.41, 5.74) is 1.24. The lowest BCUT2D eigenvalue weighted by molar-refractivity contribution is -0.281. The summed E-state index contributed by atoms with van der Waals surface area (Å²) in [6, 6.07) is 4.77. The van der Waals surface area contributed by atoms with Gasteiger partial charge in [0.2, 0.25) is 0 Å². The maximum Gasteiger partial charge on any atom is 0.289 e. The Bertz CT molecular complexity index is 569. The van der Waals surface area contributed by atoms with Gasteiger partial charge in [-0.1, -0.05) is 12.8 Å². The Morgan fingerprint density at radius 1 is 1.35 bits per heavy atom. The molecule has 0 bridgehead atoms. The van der Waals surface area contributed by atoms with Crippen molar-refractivity contribution in [1.29, 1.82) is 0 Å². The molecule has 3 aliphatic rings. The minimum atomic E-state index is -1.37. The van der Waals surface area contributed by atoms with Gasteiger partial charge >= 0.3 is 0 Å². The molecule has 1 aromatic rings. The van der Waals surface area contributed by atoms with Crippen LogP contribution in [0.1, 0.15) is 31.2 Å². The number of phenolic OH excluding ortho intramolecular Hbond substituents is 1. The number of phenols is 1. The Labute approximate surface area is 116 Å². The molecule has 0 radical (unpaired) electrons. The number of fused-ring (bicyclic) bond motifs is 2. The van der Waals surface area contributed by atoms with Crippen molar-refractivity contribution >= 4 is 11.6 Å². The third kappa shape index (κ3) is 1.81. The van der Waals surface area contributed by atoms with Gasteiger partial charge < -0.3 is 19.9 Å². The third-order valence-electron chi connectivity index (χ3n) is 4.28. The monoisotopic (exact) mass is 275 g/mol. The fraction of sp³-hybridized carbons (Fsp3) is 0.533. The van der Waals surface area contributed by atoms with E-state index in [-0.39, 0.29) is 17.8 Å². The Balaban J connectivity index is 1.68. The first-order valence-corrected chi connectivity index (χ1v) is 7.14. The van der Waals surface area contributed by atoms with Crippen LogP contribution in [0.25, 0.3) is 0 Å². The maximum absolute atomic E-state index is 12.3. The first kappa shape index (κ1) is 12.2. The summed E-state index contributed by atoms with van der Waals surface area (Å²) in [7, 11) is 0. The lowest BCUT2D eigenvalue weighted by Crippen LogP contribution is -2.47. The molecule has 2 heterocycles. The summed E-state index contributed by atoms with van der Waals surface area (Å²) >= 11 is 0. The zero-order chi connectivity index (χ0) is 13.7. The first-order valence-electron chi connectivity index (χ1n) is 7.14. The van der Waals surface area contributed by atoms with Gasteiger partial charge in [-0.15, -0.1) is 0 Å². The van der Waals surface area contributed by atoms with E-state index in [2.05, 4.69) is 5.32 Å². The van der Waals surface area contributed by atoms with Crippen molar-refractivity contribution in [2.45, 2.75) is 37.6 Å². The van der Waals surface area contributed by atoms with E-state index >= 15 is 0 Å². The van der Waals surface area contributed by atoms with Gasteiger partial charge in [0, 0.05) is 5.56 Å². The number of nitrogens with one attached hydrogen (secondary N) is 1. The van der Waals surface area contributed by atoms with Gasteiger partial charge in [-0.05, 0) is 37.0 Å². The predicted octanol–water partition coefficient (Wildman–Crippen LogP) is 2.10. The maximum atomic E-state index is 12.3. The van der Waals surface area contributed by atoms with Gasteiger partial charge in [-0.2, -0.15) is 0 Å². The number of carbonyl (C=O) groups excluding carboxylic acids is 1. The van der Waals surface area contributed by atoms with Crippen molar-refractivity contribution in [3.63, 3.8) is 0 Å². The average Bonchev–Trinajstić information content (AvgIpc) is 3.20. The summed E-state index contributed by atoms with van der Waals surface area (Å²) in [5.74, 6) is -0.815. The van der Waals surface area contributed by atoms with E-state index in [9.17, 15) is 9.90 Å². The highest BCUT2D eigenvalue weighted by Gasteiger charge is 2.53. The van der Waals surface area contributed by atoms with Gasteiger partial charge in [-0.25, -0.2) is 0 Å². The lowest BCUT2D eigenvalue weighted by Gasteiger charge is -2.37. The Kier molecular flexibility index (Phi) is 2.56. The molecule has 106 valence electrons. The van der Waals surface area contributed by atoms with Gasteiger partial charge in [0.05, 0.1) is 18.4 Å². The standard InChI is InChI=1S/C15H17NO4/c17-10-3-4-13-12(8-10)15(14(18)16-13)19-6-5-11(20-15)7-9-1-2-9/h3-4,8-9,11,17H,1-2,5-7H2,(H,16,18). The Morgan fingerprint density at radius 3 is 3.00 bits per heavy atom. The molecule has 2 aliphatic heterocycles. The fourth-order valence-electron chi connectivity index (χ4n) is 3.05. The number of anilines is 1. The molecule has 1 aliphatic carbocycles. The van der Waals surface area contributed by atoms with E-state index in [0.717, 1.165) is 18.8 Å². The number of aromatic hydroxyl groups is 1. The van der Waals surface area contributed by atoms with Crippen LogP contribution in [0.2, 0.25) is 0 Å². The molecule has 5 nitrogen and oxygen atoms in total. The molecule has 2 fully saturated rings. The molecule has 1 aromatic carbocycles. The lowest BCUT2D eigenvalue weighted by atomic mass is 10.0. The van der Waals surface area contributed by atoms with Crippen molar-refractivity contribution in [1.82, 2.24) is 0 Å². The molecule has 2 N–H and O–H groups in total. The second kappa shape index (κ2) is 4.20. The molecular weight excluding hydrogens is 258 g/mol. The van der Waals surface area contributed by atoms with Gasteiger partial charge in [-0.3, -0.25) is 4.79 Å². The molecule has 20 heavy (non-hydrogen) atoms. The number of benzene rings is 1. The minimum Gasteiger partial charge on any atom is -0.508 e. The van der Waals surface area contributed by atoms with Crippen molar-refractivity contribution in [2.75, 3.05) is 11.9 Å². The summed E-state index contributed by atoms with van der Waals surface area (Å²) in [4.78, 5) is 12.3. The summed E-state index contributed by atoms with van der Waals surface area (Å²) in [5, 5.41) is 12.4. The molecule has 1 amide bonds. The smallest absolute Gasteiger partial charge is 0.289 e. The van der Waals surface area contributed by atoms with Gasteiger partial charge in [0.25, 0.3) is 11.7 Å². The van der Waals surface area contributed by atoms with Gasteiger partial charge in [0.1, 0.15) is 5.75 Å². The summed E-state index contributed by atoms with van der Waals surface area (Å²) in [6.45, 7) is 0.500. The van der Waals surface area contributed by atoms with Crippen molar-refractivity contribution in [3.8, 4) is 5.75 Å². The minimum absolute atomic E-state index is 0.0512. The van der Waals surface area contributed by atoms with Crippen LogP contribution in [0, 0.1) is 5.92 Å². The highest BCUT2D eigenvalue weighted by atomic mass is 16.7. The molecule has 1 spiro atoms. The molecule has 4 rings (SSSR count). The molecule has 2 atom stereocenters. The fourth-order valence-corrected chi connectivity index (χ4v) is 3.05. The number of hydrogen-bond acceptors (Lipinski definition) is 4. The zero-order valence-electron chi connectivity index (χ0n) is 11.1. The van der Waals surface area contributed by atoms with Crippen LogP contribution in [-0.2, 0) is 20.1 Å². The number of carbonyl (C=O) groups is 1. The molecule has 1 saturated heterocycles. The number of hydrogen-bond donors (Lipinski definition) is 2. The SMILES string of the molecule is O=C1Nc2ccc(O)cc2C12OCCC(CC1CC1)O2. The van der Waals surface area contributed by atoms with Crippen LogP contribution in [0.5, 0.6) is 5.75 Å². The normalized spacial score (nSPS) is 32.2. The number of rotatable bonds is 2. The van der Waals surface area contributed by atoms with E-state index in [1.807, 2.05) is 0 Å². The van der Waals surface area contributed by atoms with Crippen molar-refractivity contribution in [3.05, 3.63) is 23.8 Å². The van der Waals surface area contributed by atoms with Crippen molar-refractivity contribution in [2.24, 2.45) is 5.92 Å². The number of amides is 1. The van der Waals surface area contributed by atoms with E-state index < -0.39 is 5.79 Å². The van der Waals surface area contributed by atoms with E-state index in [4.69, 9.17) is 9.47 Å². The van der Waals surface area contributed by atoms with Crippen LogP contribution in [-0.4, -0.2) is 23.7 Å². The predicted molar refractivity (Wildman–Crippen MR) is 71.2 cm³/mol. The van der Waals surface area contributed by atoms with Crippen LogP contribution < -0.4 is 5.32 Å². The van der Waals surface area contributed by atoms with Gasteiger partial charge in [0.15, 0.2) is 0 Å². The number of ether oxygens (including phenoxy) is 2. The van der Waals surface area contributed by atoms with Crippen molar-refractivity contribution < 1.29 is 19.4 Å². The van der Waals surface area contributed by atoms with E-state index in [0.29, 0.717) is 17.9 Å². The summed E-state index contributed by atoms with van der Waals surface area (Å²) < 4.78 is 11.7. The van der Waals surface area contributed by atoms with Crippen LogP contribution in [0.4, 0.5) is 5.69 Å². The Hall–Kier alpha value is -1.59. The quantitative estimate of drug-likeness (QED) is 0.811. The molecule has 5 heteroatoms. The average molecular weight is 275 g/mol. The van der Waals surface area contributed by atoms with Crippen LogP contribution >= 0.6 is 0 Å². The van der Waals surface area contributed by atoms with E-state index in [1.165, 1.54) is 12.8 Å². The second-order valence-electron chi connectivity index (χ2n) is 5.86. The van der Waals surface area contributed by atoms with E-state index in [1.54, 1.807) is 18.2 Å². The largest absolute Gasteiger partial charge is 0.508 e. The molecule has 0 aromatic heterocycles. The molecular formula is C15H17NO4. The summed E-state index contributed by atoms with van der Waals surface area (Å²) in [6.07, 6.45) is 4.39. The molecule has 1 saturated carbocycles. The zero-order valence-corrected chi connectivity index (χ0v) is 11.1. The second-order valence-corrected chi connectivity index (χ2v) is 5.86. The van der Waals surface area contributed by atoms with Crippen LogP contribution in [0.15, 0.2) is 18.2 Å². The third-order valence-corrected chi connectivity index (χ3v) is 4.28. The topological polar surface area (TPSA) is 67.8 Å². The first-order chi connectivity index (χ1) is 9.67. The highest BCUT2D eigenvalue weighted by molar-refractivity contribution is 6.04. The Morgan fingerprint density at radius 2 is 2.20 bits per heavy atom. The molecule has 2 unspecified atom stereocenters. The highest BCUT2D eigenvalue weighted by Crippen LogP contribution is 2.46.